The van der Waals surface area contributed by atoms with Crippen molar-refractivity contribution in [2.24, 2.45) is 0 Å². The summed E-state index contributed by atoms with van der Waals surface area (Å²) in [4.78, 5) is 15.8. The maximum Gasteiger partial charge on any atom is 0.261 e. The van der Waals surface area contributed by atoms with Crippen LogP contribution in [0, 0.1) is 0 Å². The van der Waals surface area contributed by atoms with Gasteiger partial charge in [0, 0.05) is 4.47 Å². The molecule has 1 heterocycles. The van der Waals surface area contributed by atoms with E-state index in [4.69, 9.17) is 0 Å². The molecule has 0 unspecified atom stereocenters. The van der Waals surface area contributed by atoms with Crippen LogP contribution in [0.4, 0.5) is 5.13 Å². The Morgan fingerprint density at radius 2 is 2.18 bits per heavy atom. The fraction of sp³-hybridized carbons (Fsp3) is 0. The standard InChI is InChI=1S/C10H6Br2N2O2S/c11-5-1-2-7(15)6(3-5)9(16)14-10-13-4-8(12)17-10/h1-4,15H,(H,13,14,16). The fourth-order valence-electron chi connectivity index (χ4n) is 1.17. The third-order valence-corrected chi connectivity index (χ3v) is 3.79. The molecular formula is C10H6Br2N2O2S. The zero-order valence-electron chi connectivity index (χ0n) is 8.28. The third kappa shape index (κ3) is 3.05. The highest BCUT2D eigenvalue weighted by Gasteiger charge is 2.13. The molecule has 0 atom stereocenters. The number of hydrogen-bond acceptors (Lipinski definition) is 4. The summed E-state index contributed by atoms with van der Waals surface area (Å²) < 4.78 is 1.55. The van der Waals surface area contributed by atoms with Crippen molar-refractivity contribution in [2.45, 2.75) is 0 Å². The topological polar surface area (TPSA) is 62.2 Å². The molecule has 2 aromatic rings. The summed E-state index contributed by atoms with van der Waals surface area (Å²) in [5.74, 6) is -0.466. The van der Waals surface area contributed by atoms with Crippen molar-refractivity contribution in [1.82, 2.24) is 4.98 Å². The van der Waals surface area contributed by atoms with E-state index in [1.807, 2.05) is 0 Å². The summed E-state index contributed by atoms with van der Waals surface area (Å²) in [7, 11) is 0. The Morgan fingerprint density at radius 3 is 2.82 bits per heavy atom. The van der Waals surface area contributed by atoms with E-state index in [1.165, 1.54) is 17.4 Å². The van der Waals surface area contributed by atoms with Gasteiger partial charge in [0.25, 0.3) is 5.91 Å². The summed E-state index contributed by atoms with van der Waals surface area (Å²) in [5.41, 5.74) is 0.200. The van der Waals surface area contributed by atoms with Crippen LogP contribution < -0.4 is 5.32 Å². The molecule has 17 heavy (non-hydrogen) atoms. The monoisotopic (exact) mass is 376 g/mol. The normalized spacial score (nSPS) is 10.2. The number of thiazole rings is 1. The zero-order chi connectivity index (χ0) is 12.4. The number of aromatic hydroxyl groups is 1. The Balaban J connectivity index is 2.22. The van der Waals surface area contributed by atoms with Crippen molar-refractivity contribution in [3.63, 3.8) is 0 Å². The number of amides is 1. The molecule has 0 aliphatic rings. The number of halogens is 2. The molecule has 0 aliphatic heterocycles. The Kier molecular flexibility index (Phi) is 3.80. The summed E-state index contributed by atoms with van der Waals surface area (Å²) >= 11 is 7.80. The van der Waals surface area contributed by atoms with E-state index in [9.17, 15) is 9.90 Å². The smallest absolute Gasteiger partial charge is 0.261 e. The van der Waals surface area contributed by atoms with Crippen molar-refractivity contribution in [1.29, 1.82) is 0 Å². The fourth-order valence-corrected chi connectivity index (χ4v) is 2.63. The highest BCUT2D eigenvalue weighted by Crippen LogP contribution is 2.26. The van der Waals surface area contributed by atoms with E-state index in [2.05, 4.69) is 42.2 Å². The number of benzene rings is 1. The van der Waals surface area contributed by atoms with Gasteiger partial charge in [0.2, 0.25) is 0 Å². The van der Waals surface area contributed by atoms with Crippen LogP contribution >= 0.6 is 43.2 Å². The van der Waals surface area contributed by atoms with E-state index in [0.29, 0.717) is 5.13 Å². The molecule has 0 radical (unpaired) electrons. The van der Waals surface area contributed by atoms with Gasteiger partial charge in [0.05, 0.1) is 15.5 Å². The van der Waals surface area contributed by atoms with Crippen molar-refractivity contribution in [3.8, 4) is 5.75 Å². The Bertz CT molecular complexity index is 571. The number of anilines is 1. The highest BCUT2D eigenvalue weighted by atomic mass is 79.9. The molecular weight excluding hydrogens is 372 g/mol. The van der Waals surface area contributed by atoms with Crippen molar-refractivity contribution in [3.05, 3.63) is 38.2 Å². The van der Waals surface area contributed by atoms with Gasteiger partial charge in [-0.25, -0.2) is 4.98 Å². The predicted octanol–water partition coefficient (Wildman–Crippen LogP) is 3.63. The van der Waals surface area contributed by atoms with E-state index in [0.717, 1.165) is 8.26 Å². The van der Waals surface area contributed by atoms with Crippen LogP contribution in [0.1, 0.15) is 10.4 Å². The van der Waals surface area contributed by atoms with Crippen LogP contribution in [-0.2, 0) is 0 Å². The first kappa shape index (κ1) is 12.5. The first-order valence-corrected chi connectivity index (χ1v) is 6.87. The molecule has 0 fully saturated rings. The Hall–Kier alpha value is -0.920. The second kappa shape index (κ2) is 5.16. The number of rotatable bonds is 2. The van der Waals surface area contributed by atoms with Gasteiger partial charge in [-0.2, -0.15) is 0 Å². The van der Waals surface area contributed by atoms with Gasteiger partial charge in [0.15, 0.2) is 5.13 Å². The van der Waals surface area contributed by atoms with Crippen LogP contribution in [0.25, 0.3) is 0 Å². The molecule has 1 amide bonds. The number of carbonyl (C=O) groups is 1. The largest absolute Gasteiger partial charge is 0.507 e. The number of aromatic nitrogens is 1. The lowest BCUT2D eigenvalue weighted by Crippen LogP contribution is -2.11. The minimum Gasteiger partial charge on any atom is -0.507 e. The summed E-state index contributed by atoms with van der Waals surface area (Å²) in [5, 5.41) is 12.7. The van der Waals surface area contributed by atoms with Crippen molar-refractivity contribution >= 4 is 54.2 Å². The Labute approximate surface area is 118 Å². The number of carbonyl (C=O) groups excluding carboxylic acids is 1. The zero-order valence-corrected chi connectivity index (χ0v) is 12.3. The van der Waals surface area contributed by atoms with Crippen LogP contribution in [0.2, 0.25) is 0 Å². The average Bonchev–Trinajstić information content (AvgIpc) is 2.67. The quantitative estimate of drug-likeness (QED) is 0.839. The second-order valence-corrected chi connectivity index (χ2v) is 6.41. The molecule has 88 valence electrons. The Morgan fingerprint density at radius 1 is 1.41 bits per heavy atom. The van der Waals surface area contributed by atoms with Gasteiger partial charge in [-0.05, 0) is 34.1 Å². The minimum absolute atomic E-state index is 0.0682. The van der Waals surface area contributed by atoms with E-state index >= 15 is 0 Å². The molecule has 0 bridgehead atoms. The first-order valence-electron chi connectivity index (χ1n) is 4.47. The lowest BCUT2D eigenvalue weighted by Gasteiger charge is -2.04. The molecule has 2 N–H and O–H groups in total. The van der Waals surface area contributed by atoms with E-state index in [-0.39, 0.29) is 11.3 Å². The number of phenols is 1. The lowest BCUT2D eigenvalue weighted by molar-refractivity contribution is 0.102. The maximum atomic E-state index is 11.9. The molecule has 4 nitrogen and oxygen atoms in total. The van der Waals surface area contributed by atoms with Gasteiger partial charge >= 0.3 is 0 Å². The SMILES string of the molecule is O=C(Nc1ncc(Br)s1)c1cc(Br)ccc1O. The van der Waals surface area contributed by atoms with Gasteiger partial charge in [0.1, 0.15) is 5.75 Å². The second-order valence-electron chi connectivity index (χ2n) is 3.09. The number of hydrogen-bond donors (Lipinski definition) is 2. The van der Waals surface area contributed by atoms with Gasteiger partial charge in [-0.15, -0.1) is 0 Å². The first-order chi connectivity index (χ1) is 8.06. The highest BCUT2D eigenvalue weighted by molar-refractivity contribution is 9.11. The molecule has 1 aromatic heterocycles. The van der Waals surface area contributed by atoms with Crippen molar-refractivity contribution < 1.29 is 9.90 Å². The van der Waals surface area contributed by atoms with Crippen LogP contribution in [0.15, 0.2) is 32.7 Å². The molecule has 1 aromatic carbocycles. The molecule has 0 saturated carbocycles. The number of nitrogens with one attached hydrogen (secondary N) is 1. The van der Waals surface area contributed by atoms with Gasteiger partial charge in [-0.1, -0.05) is 27.3 Å². The van der Waals surface area contributed by atoms with Crippen molar-refractivity contribution in [2.75, 3.05) is 5.32 Å². The predicted molar refractivity (Wildman–Crippen MR) is 73.6 cm³/mol. The average molecular weight is 378 g/mol. The number of nitrogens with zero attached hydrogens (tertiary/aromatic N) is 1. The van der Waals surface area contributed by atoms with Crippen LogP contribution in [0.3, 0.4) is 0 Å². The van der Waals surface area contributed by atoms with Crippen LogP contribution in [0.5, 0.6) is 5.75 Å². The molecule has 0 aliphatic carbocycles. The van der Waals surface area contributed by atoms with Gasteiger partial charge in [-0.3, -0.25) is 10.1 Å². The maximum absolute atomic E-state index is 11.9. The van der Waals surface area contributed by atoms with E-state index in [1.54, 1.807) is 18.3 Å². The molecule has 0 saturated heterocycles. The summed E-state index contributed by atoms with van der Waals surface area (Å²) in [6.45, 7) is 0. The lowest BCUT2D eigenvalue weighted by atomic mass is 10.2. The number of phenolic OH excluding ortho intramolecular Hbond substituents is 1. The third-order valence-electron chi connectivity index (χ3n) is 1.90. The summed E-state index contributed by atoms with van der Waals surface area (Å²) in [6, 6.07) is 4.66. The molecule has 0 spiro atoms. The van der Waals surface area contributed by atoms with E-state index < -0.39 is 5.91 Å². The molecule has 2 rings (SSSR count). The molecule has 7 heteroatoms. The van der Waals surface area contributed by atoms with Gasteiger partial charge < -0.3 is 5.11 Å². The van der Waals surface area contributed by atoms with Crippen LogP contribution in [-0.4, -0.2) is 16.0 Å². The minimum atomic E-state index is -0.398. The summed E-state index contributed by atoms with van der Waals surface area (Å²) in [6.07, 6.45) is 1.60.